The molecule has 2 heterocycles. The molecule has 1 aliphatic heterocycles. The number of imidazole rings is 1. The Balaban J connectivity index is 1.81. The van der Waals surface area contributed by atoms with Gasteiger partial charge >= 0.3 is 0 Å². The fourth-order valence-electron chi connectivity index (χ4n) is 2.84. The Labute approximate surface area is 130 Å². The molecule has 1 aromatic rings. The van der Waals surface area contributed by atoms with Crippen LogP contribution in [0.5, 0.6) is 0 Å². The van der Waals surface area contributed by atoms with Crippen LogP contribution in [0, 0.1) is 0 Å². The molecule has 22 heavy (non-hydrogen) atoms. The summed E-state index contributed by atoms with van der Waals surface area (Å²) in [5.74, 6) is 0.116. The minimum Gasteiger partial charge on any atom is -0.351 e. The highest BCUT2D eigenvalue weighted by Gasteiger charge is 2.30. The van der Waals surface area contributed by atoms with Crippen molar-refractivity contribution in [1.82, 2.24) is 20.2 Å². The molecule has 1 aromatic heterocycles. The molecule has 6 heteroatoms. The first kappa shape index (κ1) is 15.1. The first-order valence-corrected chi connectivity index (χ1v) is 8.39. The number of unbranched alkanes of at least 4 members (excludes halogenated alkanes) is 1. The number of carbonyl (C=O) groups excluding carboxylic acids is 2. The van der Waals surface area contributed by atoms with E-state index >= 15 is 0 Å². The van der Waals surface area contributed by atoms with Crippen LogP contribution in [0.15, 0.2) is 0 Å². The summed E-state index contributed by atoms with van der Waals surface area (Å²) in [4.78, 5) is 29.1. The molecule has 0 atom stereocenters. The smallest absolute Gasteiger partial charge is 0.287 e. The van der Waals surface area contributed by atoms with E-state index in [0.717, 1.165) is 57.2 Å². The Morgan fingerprint density at radius 2 is 2.09 bits per heavy atom. The number of nitrogens with one attached hydrogen (secondary N) is 2. The molecule has 6 nitrogen and oxygen atoms in total. The van der Waals surface area contributed by atoms with Crippen LogP contribution in [0.2, 0.25) is 0 Å². The monoisotopic (exact) mass is 304 g/mol. The Hall–Kier alpha value is -1.85. The largest absolute Gasteiger partial charge is 0.351 e. The predicted octanol–water partition coefficient (Wildman–Crippen LogP) is 1.64. The molecule has 2 aliphatic rings. The summed E-state index contributed by atoms with van der Waals surface area (Å²) in [5, 5.41) is 5.88. The highest BCUT2D eigenvalue weighted by Crippen LogP contribution is 2.23. The maximum Gasteiger partial charge on any atom is 0.287 e. The minimum atomic E-state index is -0.149. The number of aromatic nitrogens is 2. The molecule has 0 radical (unpaired) electrons. The van der Waals surface area contributed by atoms with Crippen LogP contribution >= 0.6 is 0 Å². The van der Waals surface area contributed by atoms with Crippen LogP contribution in [0.1, 0.15) is 72.3 Å². The van der Waals surface area contributed by atoms with Crippen molar-refractivity contribution >= 4 is 11.8 Å². The van der Waals surface area contributed by atoms with E-state index in [0.29, 0.717) is 24.1 Å². The summed E-state index contributed by atoms with van der Waals surface area (Å²) in [6.45, 7) is 3.52. The molecular formula is C16H24N4O2. The van der Waals surface area contributed by atoms with Crippen molar-refractivity contribution < 1.29 is 9.59 Å². The molecular weight excluding hydrogens is 280 g/mol. The van der Waals surface area contributed by atoms with Gasteiger partial charge in [-0.25, -0.2) is 4.98 Å². The van der Waals surface area contributed by atoms with E-state index in [1.165, 1.54) is 0 Å². The van der Waals surface area contributed by atoms with Crippen molar-refractivity contribution in [3.8, 4) is 0 Å². The van der Waals surface area contributed by atoms with Gasteiger partial charge in [0, 0.05) is 19.1 Å². The van der Waals surface area contributed by atoms with Crippen molar-refractivity contribution in [3.05, 3.63) is 17.2 Å². The zero-order valence-electron chi connectivity index (χ0n) is 13.2. The van der Waals surface area contributed by atoms with Crippen molar-refractivity contribution in [3.63, 3.8) is 0 Å². The quantitative estimate of drug-likeness (QED) is 0.785. The second-order valence-electron chi connectivity index (χ2n) is 6.20. The van der Waals surface area contributed by atoms with Gasteiger partial charge in [0.1, 0.15) is 5.69 Å². The molecule has 0 aromatic carbocycles. The highest BCUT2D eigenvalue weighted by molar-refractivity contribution is 5.97. The second-order valence-corrected chi connectivity index (χ2v) is 6.20. The van der Waals surface area contributed by atoms with Crippen LogP contribution in [0.25, 0.3) is 0 Å². The van der Waals surface area contributed by atoms with Gasteiger partial charge in [0.2, 0.25) is 0 Å². The molecule has 1 aliphatic carbocycles. The third kappa shape index (κ3) is 3.15. The fraction of sp³-hybridized carbons (Fsp3) is 0.688. The lowest BCUT2D eigenvalue weighted by Crippen LogP contribution is -2.29. The lowest BCUT2D eigenvalue weighted by molar-refractivity contribution is 0.0935. The van der Waals surface area contributed by atoms with Crippen molar-refractivity contribution in [2.24, 2.45) is 0 Å². The number of hydrogen-bond donors (Lipinski definition) is 2. The average Bonchev–Trinajstić information content (AvgIpc) is 3.24. The Bertz CT molecular complexity index is 575. The first-order chi connectivity index (χ1) is 10.7. The van der Waals surface area contributed by atoms with E-state index in [1.807, 2.05) is 4.57 Å². The van der Waals surface area contributed by atoms with E-state index in [9.17, 15) is 9.59 Å². The van der Waals surface area contributed by atoms with Crippen molar-refractivity contribution in [2.45, 2.75) is 64.5 Å². The first-order valence-electron chi connectivity index (χ1n) is 8.39. The molecule has 2 N–H and O–H groups in total. The third-order valence-electron chi connectivity index (χ3n) is 4.26. The van der Waals surface area contributed by atoms with Crippen molar-refractivity contribution in [2.75, 3.05) is 6.54 Å². The van der Waals surface area contributed by atoms with Crippen molar-refractivity contribution in [1.29, 1.82) is 0 Å². The Morgan fingerprint density at radius 1 is 1.27 bits per heavy atom. The Morgan fingerprint density at radius 3 is 2.82 bits per heavy atom. The SMILES string of the molecule is CCCCNC(=O)c1nc(C(=O)NC2CC2)n2c1CCCC2. The third-order valence-corrected chi connectivity index (χ3v) is 4.26. The normalized spacial score (nSPS) is 17.0. The summed E-state index contributed by atoms with van der Waals surface area (Å²) in [5.41, 5.74) is 1.36. The number of hydrogen-bond acceptors (Lipinski definition) is 3. The van der Waals surface area contributed by atoms with Gasteiger partial charge in [-0.3, -0.25) is 9.59 Å². The van der Waals surface area contributed by atoms with Gasteiger partial charge in [0.15, 0.2) is 5.82 Å². The van der Waals surface area contributed by atoms with Gasteiger partial charge in [0.25, 0.3) is 11.8 Å². The predicted molar refractivity (Wildman–Crippen MR) is 82.9 cm³/mol. The minimum absolute atomic E-state index is 0.141. The van der Waals surface area contributed by atoms with Crippen LogP contribution in [-0.2, 0) is 13.0 Å². The van der Waals surface area contributed by atoms with E-state index in [4.69, 9.17) is 0 Å². The maximum atomic E-state index is 12.3. The number of nitrogens with zero attached hydrogens (tertiary/aromatic N) is 2. The van der Waals surface area contributed by atoms with Gasteiger partial charge in [0.05, 0.1) is 5.69 Å². The lowest BCUT2D eigenvalue weighted by Gasteiger charge is -2.17. The van der Waals surface area contributed by atoms with Crippen LogP contribution < -0.4 is 10.6 Å². The fourth-order valence-corrected chi connectivity index (χ4v) is 2.84. The van der Waals surface area contributed by atoms with E-state index < -0.39 is 0 Å². The summed E-state index contributed by atoms with van der Waals surface area (Å²) >= 11 is 0. The average molecular weight is 304 g/mol. The maximum absolute atomic E-state index is 12.3. The number of rotatable bonds is 6. The zero-order valence-corrected chi connectivity index (χ0v) is 13.2. The van der Waals surface area contributed by atoms with Gasteiger partial charge in [-0.05, 0) is 38.5 Å². The molecule has 1 saturated carbocycles. The Kier molecular flexibility index (Phi) is 4.45. The summed E-state index contributed by atoms with van der Waals surface area (Å²) < 4.78 is 1.94. The van der Waals surface area contributed by atoms with Gasteiger partial charge in [-0.15, -0.1) is 0 Å². The summed E-state index contributed by atoms with van der Waals surface area (Å²) in [7, 11) is 0. The molecule has 0 unspecified atom stereocenters. The lowest BCUT2D eigenvalue weighted by atomic mass is 10.1. The number of fused-ring (bicyclic) bond motifs is 1. The van der Waals surface area contributed by atoms with E-state index in [2.05, 4.69) is 22.5 Å². The van der Waals surface area contributed by atoms with Gasteiger partial charge < -0.3 is 15.2 Å². The molecule has 0 spiro atoms. The molecule has 0 saturated heterocycles. The molecule has 3 rings (SSSR count). The van der Waals surface area contributed by atoms with Crippen LogP contribution in [0.3, 0.4) is 0 Å². The number of carbonyl (C=O) groups is 2. The molecule has 1 fully saturated rings. The van der Waals surface area contributed by atoms with Gasteiger partial charge in [-0.1, -0.05) is 13.3 Å². The van der Waals surface area contributed by atoms with E-state index in [-0.39, 0.29) is 11.8 Å². The number of amides is 2. The molecule has 0 bridgehead atoms. The summed E-state index contributed by atoms with van der Waals surface area (Å²) in [6.07, 6.45) is 6.98. The zero-order chi connectivity index (χ0) is 15.5. The van der Waals surface area contributed by atoms with Crippen LogP contribution in [0.4, 0.5) is 0 Å². The van der Waals surface area contributed by atoms with E-state index in [1.54, 1.807) is 0 Å². The standard InChI is InChI=1S/C16H24N4O2/c1-2-3-9-17-15(21)13-12-6-4-5-10-20(12)14(19-13)16(22)18-11-7-8-11/h11H,2-10H2,1H3,(H,17,21)(H,18,22). The topological polar surface area (TPSA) is 76.0 Å². The van der Waals surface area contributed by atoms with Crippen LogP contribution in [-0.4, -0.2) is 34.0 Å². The second kappa shape index (κ2) is 6.50. The van der Waals surface area contributed by atoms with Gasteiger partial charge in [-0.2, -0.15) is 0 Å². The highest BCUT2D eigenvalue weighted by atomic mass is 16.2. The molecule has 2 amide bonds. The molecule has 120 valence electrons. The summed E-state index contributed by atoms with van der Waals surface area (Å²) in [6, 6.07) is 0.297.